The van der Waals surface area contributed by atoms with Gasteiger partial charge in [0.1, 0.15) is 0 Å². The molecular formula is C15H34NO5P. The highest BCUT2D eigenvalue weighted by Gasteiger charge is 2.32. The van der Waals surface area contributed by atoms with E-state index < -0.39 is 7.75 Å². The van der Waals surface area contributed by atoms with E-state index >= 15 is 0 Å². The summed E-state index contributed by atoms with van der Waals surface area (Å²) in [4.78, 5) is 0. The minimum atomic E-state index is -3.30. The fourth-order valence-corrected chi connectivity index (χ4v) is 3.61. The molecule has 134 valence electrons. The van der Waals surface area contributed by atoms with Gasteiger partial charge in [0.15, 0.2) is 0 Å². The standard InChI is InChI=1S/C15H34NO5P/c1-6-8-9-15(7-2)14-16(3)22(17,20-12-10-18-4)21-13-11-19-5/h15H,6-14H2,1-5H3. The van der Waals surface area contributed by atoms with Crippen molar-refractivity contribution in [2.45, 2.75) is 39.5 Å². The van der Waals surface area contributed by atoms with E-state index in [1.165, 1.54) is 12.8 Å². The van der Waals surface area contributed by atoms with Crippen LogP contribution < -0.4 is 0 Å². The number of methoxy groups -OCH3 is 2. The van der Waals surface area contributed by atoms with Gasteiger partial charge in [0.05, 0.1) is 26.4 Å². The van der Waals surface area contributed by atoms with Gasteiger partial charge >= 0.3 is 7.75 Å². The van der Waals surface area contributed by atoms with E-state index in [0.29, 0.717) is 25.7 Å². The first-order chi connectivity index (χ1) is 10.5. The zero-order valence-corrected chi connectivity index (χ0v) is 15.8. The number of ether oxygens (including phenoxy) is 2. The molecule has 0 aromatic heterocycles. The third-order valence-electron chi connectivity index (χ3n) is 3.57. The van der Waals surface area contributed by atoms with E-state index in [1.807, 2.05) is 0 Å². The van der Waals surface area contributed by atoms with Crippen LogP contribution in [-0.4, -0.2) is 58.9 Å². The molecule has 0 rings (SSSR count). The van der Waals surface area contributed by atoms with Crippen molar-refractivity contribution in [2.75, 3.05) is 54.2 Å². The number of hydrogen-bond donors (Lipinski definition) is 0. The summed E-state index contributed by atoms with van der Waals surface area (Å²) in [6.07, 6.45) is 4.55. The lowest BCUT2D eigenvalue weighted by Gasteiger charge is -2.29. The van der Waals surface area contributed by atoms with Gasteiger partial charge in [0.25, 0.3) is 0 Å². The molecule has 0 fully saturated rings. The smallest absolute Gasteiger partial charge is 0.382 e. The van der Waals surface area contributed by atoms with Crippen molar-refractivity contribution in [2.24, 2.45) is 5.92 Å². The molecule has 0 aliphatic rings. The normalized spacial score (nSPS) is 13.7. The molecule has 0 radical (unpaired) electrons. The summed E-state index contributed by atoms with van der Waals surface area (Å²) in [7, 11) is 1.67. The molecule has 0 bridgehead atoms. The summed E-state index contributed by atoms with van der Waals surface area (Å²) in [6, 6.07) is 0. The largest absolute Gasteiger partial charge is 0.408 e. The van der Waals surface area contributed by atoms with Crippen LogP contribution >= 0.6 is 7.75 Å². The van der Waals surface area contributed by atoms with Crippen molar-refractivity contribution in [3.05, 3.63) is 0 Å². The molecule has 0 heterocycles. The van der Waals surface area contributed by atoms with Gasteiger partial charge < -0.3 is 9.47 Å². The second kappa shape index (κ2) is 13.5. The average molecular weight is 339 g/mol. The average Bonchev–Trinajstić information content (AvgIpc) is 2.51. The van der Waals surface area contributed by atoms with Crippen molar-refractivity contribution in [3.8, 4) is 0 Å². The lowest BCUT2D eigenvalue weighted by Crippen LogP contribution is -2.26. The Balaban J connectivity index is 4.62. The van der Waals surface area contributed by atoms with Crippen LogP contribution in [0.1, 0.15) is 39.5 Å². The molecule has 0 amide bonds. The first kappa shape index (κ1) is 22.0. The second-order valence-electron chi connectivity index (χ2n) is 5.38. The van der Waals surface area contributed by atoms with Crippen molar-refractivity contribution >= 4 is 7.75 Å². The maximum absolute atomic E-state index is 13.0. The predicted molar refractivity (Wildman–Crippen MR) is 89.2 cm³/mol. The van der Waals surface area contributed by atoms with Gasteiger partial charge in [0, 0.05) is 20.8 Å². The van der Waals surface area contributed by atoms with E-state index in [1.54, 1.807) is 25.9 Å². The van der Waals surface area contributed by atoms with E-state index in [9.17, 15) is 4.57 Å². The zero-order valence-electron chi connectivity index (χ0n) is 14.9. The summed E-state index contributed by atoms with van der Waals surface area (Å²) < 4.78 is 35.6. The number of unbranched alkanes of at least 4 members (excludes halogenated alkanes) is 1. The molecule has 7 heteroatoms. The topological polar surface area (TPSA) is 57.2 Å². The monoisotopic (exact) mass is 339 g/mol. The van der Waals surface area contributed by atoms with Crippen LogP contribution in [0.2, 0.25) is 0 Å². The Morgan fingerprint density at radius 2 is 1.55 bits per heavy atom. The SMILES string of the molecule is CCCCC(CC)CN(C)P(=O)(OCCOC)OCCOC. The first-order valence-corrected chi connectivity index (χ1v) is 9.62. The first-order valence-electron chi connectivity index (χ1n) is 8.12. The van der Waals surface area contributed by atoms with Gasteiger partial charge in [-0.25, -0.2) is 9.24 Å². The van der Waals surface area contributed by atoms with Crippen molar-refractivity contribution in [3.63, 3.8) is 0 Å². The summed E-state index contributed by atoms with van der Waals surface area (Å²) in [6.45, 7) is 6.32. The van der Waals surface area contributed by atoms with Crippen molar-refractivity contribution in [1.82, 2.24) is 4.67 Å². The van der Waals surface area contributed by atoms with Crippen LogP contribution in [0.25, 0.3) is 0 Å². The number of hydrogen-bond acceptors (Lipinski definition) is 5. The highest BCUT2D eigenvalue weighted by atomic mass is 31.2. The molecule has 0 spiro atoms. The van der Waals surface area contributed by atoms with Gasteiger partial charge in [-0.15, -0.1) is 0 Å². The zero-order chi connectivity index (χ0) is 16.8. The fraction of sp³-hybridized carbons (Fsp3) is 1.00. The van der Waals surface area contributed by atoms with Crippen LogP contribution in [-0.2, 0) is 23.1 Å². The molecule has 0 aromatic carbocycles. The maximum atomic E-state index is 13.0. The Kier molecular flexibility index (Phi) is 13.5. The highest BCUT2D eigenvalue weighted by molar-refractivity contribution is 7.51. The predicted octanol–water partition coefficient (Wildman–Crippen LogP) is 3.57. The third-order valence-corrected chi connectivity index (χ3v) is 5.58. The molecule has 1 unspecified atom stereocenters. The van der Waals surface area contributed by atoms with E-state index in [4.69, 9.17) is 18.5 Å². The molecule has 0 saturated heterocycles. The molecule has 0 aliphatic carbocycles. The lowest BCUT2D eigenvalue weighted by atomic mass is 10.00. The summed E-state index contributed by atoms with van der Waals surface area (Å²) in [5.41, 5.74) is 0. The Labute approximate surface area is 136 Å². The molecule has 0 N–H and O–H groups in total. The van der Waals surface area contributed by atoms with E-state index in [2.05, 4.69) is 13.8 Å². The Morgan fingerprint density at radius 1 is 1.00 bits per heavy atom. The van der Waals surface area contributed by atoms with Gasteiger partial charge in [-0.1, -0.05) is 33.1 Å². The number of rotatable bonds is 15. The van der Waals surface area contributed by atoms with Gasteiger partial charge in [-0.05, 0) is 19.4 Å². The van der Waals surface area contributed by atoms with Gasteiger partial charge in [-0.2, -0.15) is 0 Å². The third kappa shape index (κ3) is 9.23. The van der Waals surface area contributed by atoms with Gasteiger partial charge in [-0.3, -0.25) is 9.05 Å². The molecule has 0 aliphatic heterocycles. The van der Waals surface area contributed by atoms with Crippen LogP contribution in [0.15, 0.2) is 0 Å². The van der Waals surface area contributed by atoms with Crippen LogP contribution in [0.4, 0.5) is 0 Å². The molecule has 1 atom stereocenters. The molecule has 6 nitrogen and oxygen atoms in total. The Morgan fingerprint density at radius 3 is 1.95 bits per heavy atom. The molecular weight excluding hydrogens is 305 g/mol. The van der Waals surface area contributed by atoms with Crippen LogP contribution in [0.5, 0.6) is 0 Å². The molecule has 0 aromatic rings. The minimum Gasteiger partial charge on any atom is -0.382 e. The maximum Gasteiger partial charge on any atom is 0.408 e. The highest BCUT2D eigenvalue weighted by Crippen LogP contribution is 2.51. The summed E-state index contributed by atoms with van der Waals surface area (Å²) in [5, 5.41) is 0. The molecule has 0 saturated carbocycles. The molecule has 22 heavy (non-hydrogen) atoms. The quantitative estimate of drug-likeness (QED) is 0.336. The van der Waals surface area contributed by atoms with Crippen LogP contribution in [0, 0.1) is 5.92 Å². The lowest BCUT2D eigenvalue weighted by molar-refractivity contribution is 0.0890. The summed E-state index contributed by atoms with van der Waals surface area (Å²) >= 11 is 0. The Hall–Kier alpha value is 0.0300. The van der Waals surface area contributed by atoms with Crippen molar-refractivity contribution < 1.29 is 23.1 Å². The fourth-order valence-electron chi connectivity index (χ4n) is 2.10. The van der Waals surface area contributed by atoms with Crippen LogP contribution in [0.3, 0.4) is 0 Å². The van der Waals surface area contributed by atoms with E-state index in [0.717, 1.165) is 12.8 Å². The van der Waals surface area contributed by atoms with Crippen molar-refractivity contribution in [1.29, 1.82) is 0 Å². The Bertz CT molecular complexity index is 290. The van der Waals surface area contributed by atoms with E-state index in [-0.39, 0.29) is 13.2 Å². The minimum absolute atomic E-state index is 0.247. The number of nitrogens with zero attached hydrogens (tertiary/aromatic N) is 1. The van der Waals surface area contributed by atoms with Gasteiger partial charge in [0.2, 0.25) is 0 Å². The second-order valence-corrected chi connectivity index (χ2v) is 7.51. The summed E-state index contributed by atoms with van der Waals surface area (Å²) in [5.74, 6) is 0.496.